The molecule has 7 nitrogen and oxygen atoms in total. The first-order valence-electron chi connectivity index (χ1n) is 9.92. The van der Waals surface area contributed by atoms with Crippen LogP contribution in [0.25, 0.3) is 0 Å². The van der Waals surface area contributed by atoms with Gasteiger partial charge >= 0.3 is 6.09 Å². The first-order chi connectivity index (χ1) is 12.9. The van der Waals surface area contributed by atoms with Crippen molar-refractivity contribution in [2.75, 3.05) is 32.8 Å². The molecule has 1 amide bonds. The van der Waals surface area contributed by atoms with Crippen LogP contribution in [0.15, 0.2) is 10.9 Å². The molecular formula is C19H35BrN4O3Si. The number of hydrogen-bond acceptors (Lipinski definition) is 5. The summed E-state index contributed by atoms with van der Waals surface area (Å²) in [5.41, 5.74) is 0.660. The smallest absolute Gasteiger partial charge is 0.410 e. The molecule has 0 unspecified atom stereocenters. The van der Waals surface area contributed by atoms with E-state index in [1.165, 1.54) is 0 Å². The van der Waals surface area contributed by atoms with E-state index in [1.54, 1.807) is 4.90 Å². The minimum Gasteiger partial charge on any atom is -0.444 e. The Bertz CT molecular complexity index is 647. The predicted molar refractivity (Wildman–Crippen MR) is 117 cm³/mol. The van der Waals surface area contributed by atoms with E-state index in [9.17, 15) is 4.79 Å². The van der Waals surface area contributed by atoms with Crippen LogP contribution in [0.5, 0.6) is 0 Å². The maximum atomic E-state index is 12.2. The second-order valence-electron chi connectivity index (χ2n) is 9.54. The summed E-state index contributed by atoms with van der Waals surface area (Å²) in [6.45, 7) is 17.8. The lowest BCUT2D eigenvalue weighted by Crippen LogP contribution is -2.49. The maximum Gasteiger partial charge on any atom is 0.410 e. The lowest BCUT2D eigenvalue weighted by Gasteiger charge is -2.35. The van der Waals surface area contributed by atoms with E-state index in [4.69, 9.17) is 9.47 Å². The van der Waals surface area contributed by atoms with Crippen molar-refractivity contribution in [2.45, 2.75) is 65.3 Å². The molecule has 28 heavy (non-hydrogen) atoms. The van der Waals surface area contributed by atoms with Gasteiger partial charge in [-0.15, -0.1) is 0 Å². The van der Waals surface area contributed by atoms with Crippen LogP contribution in [-0.2, 0) is 22.7 Å². The van der Waals surface area contributed by atoms with Gasteiger partial charge < -0.3 is 14.4 Å². The summed E-state index contributed by atoms with van der Waals surface area (Å²) in [6, 6.07) is 1.15. The third kappa shape index (κ3) is 7.85. The predicted octanol–water partition coefficient (Wildman–Crippen LogP) is 4.01. The molecule has 0 aliphatic carbocycles. The van der Waals surface area contributed by atoms with Crippen LogP contribution in [0, 0.1) is 0 Å². The van der Waals surface area contributed by atoms with E-state index >= 15 is 0 Å². The second kappa shape index (κ2) is 9.73. The summed E-state index contributed by atoms with van der Waals surface area (Å²) in [7, 11) is -1.08. The number of ether oxygens (including phenoxy) is 2. The van der Waals surface area contributed by atoms with E-state index in [-0.39, 0.29) is 6.09 Å². The molecule has 1 aromatic heterocycles. The average Bonchev–Trinajstić information content (AvgIpc) is 2.90. The van der Waals surface area contributed by atoms with Gasteiger partial charge in [-0.25, -0.2) is 9.78 Å². The number of halogens is 1. The van der Waals surface area contributed by atoms with Crippen molar-refractivity contribution in [3.8, 4) is 0 Å². The summed E-state index contributed by atoms with van der Waals surface area (Å²) in [4.78, 5) is 20.7. The number of carbonyl (C=O) groups excluding carboxylic acids is 1. The number of carbonyl (C=O) groups is 1. The lowest BCUT2D eigenvalue weighted by atomic mass is 10.2. The summed E-state index contributed by atoms with van der Waals surface area (Å²) in [5.74, 6) is 0. The molecule has 0 aromatic carbocycles. The summed E-state index contributed by atoms with van der Waals surface area (Å²) < 4.78 is 14.2. The SMILES string of the molecule is CC(C)(C)OC(=O)N1CCN(Cc2cnc(Br)n2COCC[Si](C)(C)C)CC1. The Morgan fingerprint density at radius 1 is 1.21 bits per heavy atom. The van der Waals surface area contributed by atoms with Crippen LogP contribution in [0.4, 0.5) is 4.79 Å². The van der Waals surface area contributed by atoms with E-state index in [0.29, 0.717) is 19.8 Å². The van der Waals surface area contributed by atoms with Crippen LogP contribution in [0.3, 0.4) is 0 Å². The highest BCUT2D eigenvalue weighted by Crippen LogP contribution is 2.17. The van der Waals surface area contributed by atoms with Gasteiger partial charge in [0, 0.05) is 47.4 Å². The molecule has 1 aliphatic rings. The third-order valence-electron chi connectivity index (χ3n) is 4.52. The van der Waals surface area contributed by atoms with Crippen molar-refractivity contribution >= 4 is 30.1 Å². The molecule has 0 atom stereocenters. The highest BCUT2D eigenvalue weighted by Gasteiger charge is 2.26. The zero-order valence-corrected chi connectivity index (χ0v) is 20.7. The maximum absolute atomic E-state index is 12.2. The normalized spacial score (nSPS) is 16.5. The molecular weight excluding hydrogens is 440 g/mol. The average molecular weight is 476 g/mol. The Morgan fingerprint density at radius 3 is 2.43 bits per heavy atom. The molecule has 0 N–H and O–H groups in total. The summed E-state index contributed by atoms with van der Waals surface area (Å²) >= 11 is 3.52. The lowest BCUT2D eigenvalue weighted by molar-refractivity contribution is 0.0135. The van der Waals surface area contributed by atoms with Crippen LogP contribution in [-0.4, -0.2) is 71.9 Å². The second-order valence-corrected chi connectivity index (χ2v) is 15.9. The van der Waals surface area contributed by atoms with Gasteiger partial charge in [0.15, 0.2) is 4.73 Å². The van der Waals surface area contributed by atoms with Crippen molar-refractivity contribution < 1.29 is 14.3 Å². The van der Waals surface area contributed by atoms with E-state index in [0.717, 1.165) is 42.7 Å². The highest BCUT2D eigenvalue weighted by molar-refractivity contribution is 9.10. The minimum atomic E-state index is -1.08. The quantitative estimate of drug-likeness (QED) is 0.441. The van der Waals surface area contributed by atoms with Gasteiger partial charge in [-0.05, 0) is 42.7 Å². The molecule has 1 saturated heterocycles. The molecule has 9 heteroatoms. The van der Waals surface area contributed by atoms with Crippen LogP contribution in [0.2, 0.25) is 25.7 Å². The number of nitrogens with zero attached hydrogens (tertiary/aromatic N) is 4. The number of piperazine rings is 1. The van der Waals surface area contributed by atoms with Crippen LogP contribution >= 0.6 is 15.9 Å². The summed E-state index contributed by atoms with van der Waals surface area (Å²) in [6.07, 6.45) is 1.67. The van der Waals surface area contributed by atoms with Crippen LogP contribution < -0.4 is 0 Å². The molecule has 1 aromatic rings. The summed E-state index contributed by atoms with van der Waals surface area (Å²) in [5, 5.41) is 0. The number of hydrogen-bond donors (Lipinski definition) is 0. The Labute approximate surface area is 178 Å². The molecule has 1 aliphatic heterocycles. The molecule has 0 radical (unpaired) electrons. The van der Waals surface area contributed by atoms with E-state index < -0.39 is 13.7 Å². The van der Waals surface area contributed by atoms with Gasteiger partial charge in [-0.2, -0.15) is 0 Å². The largest absolute Gasteiger partial charge is 0.444 e. The Balaban J connectivity index is 1.82. The fourth-order valence-corrected chi connectivity index (χ4v) is 4.02. The molecule has 0 bridgehead atoms. The van der Waals surface area contributed by atoms with Gasteiger partial charge in [-0.3, -0.25) is 9.47 Å². The fourth-order valence-electron chi connectivity index (χ4n) is 2.83. The van der Waals surface area contributed by atoms with E-state index in [2.05, 4.69) is 50.0 Å². The minimum absolute atomic E-state index is 0.226. The first-order valence-corrected chi connectivity index (χ1v) is 14.4. The number of imidazole rings is 1. The van der Waals surface area contributed by atoms with Gasteiger partial charge in [-0.1, -0.05) is 19.6 Å². The number of rotatable bonds is 7. The zero-order chi connectivity index (χ0) is 20.9. The van der Waals surface area contributed by atoms with Crippen LogP contribution in [0.1, 0.15) is 26.5 Å². The van der Waals surface area contributed by atoms with Gasteiger partial charge in [0.05, 0.1) is 11.9 Å². The Hall–Kier alpha value is -0.903. The third-order valence-corrected chi connectivity index (χ3v) is 6.85. The number of amides is 1. The van der Waals surface area contributed by atoms with Crippen molar-refractivity contribution in [3.63, 3.8) is 0 Å². The highest BCUT2D eigenvalue weighted by atomic mass is 79.9. The van der Waals surface area contributed by atoms with E-state index in [1.807, 2.05) is 27.0 Å². The molecule has 0 saturated carbocycles. The monoisotopic (exact) mass is 474 g/mol. The standard InChI is InChI=1S/C19H35BrN4O3Si/c1-19(2,3)27-18(25)23-9-7-22(8-10-23)14-16-13-21-17(20)24(16)15-26-11-12-28(4,5)6/h13H,7-12,14-15H2,1-6H3. The molecule has 2 heterocycles. The fraction of sp³-hybridized carbons (Fsp3) is 0.789. The molecule has 2 rings (SSSR count). The molecule has 160 valence electrons. The van der Waals surface area contributed by atoms with Crippen molar-refractivity contribution in [3.05, 3.63) is 16.6 Å². The Kier molecular flexibility index (Phi) is 8.13. The Morgan fingerprint density at radius 2 is 1.86 bits per heavy atom. The first kappa shape index (κ1) is 23.4. The van der Waals surface area contributed by atoms with Crippen molar-refractivity contribution in [2.24, 2.45) is 0 Å². The van der Waals surface area contributed by atoms with Gasteiger partial charge in [0.2, 0.25) is 0 Å². The topological polar surface area (TPSA) is 59.8 Å². The van der Waals surface area contributed by atoms with Crippen molar-refractivity contribution in [1.29, 1.82) is 0 Å². The zero-order valence-electron chi connectivity index (χ0n) is 18.1. The molecule has 0 spiro atoms. The van der Waals surface area contributed by atoms with Gasteiger partial charge in [0.25, 0.3) is 0 Å². The van der Waals surface area contributed by atoms with Crippen molar-refractivity contribution in [1.82, 2.24) is 19.4 Å². The molecule has 1 fully saturated rings. The van der Waals surface area contributed by atoms with Gasteiger partial charge in [0.1, 0.15) is 12.3 Å². The number of aromatic nitrogens is 2.